The van der Waals surface area contributed by atoms with Crippen LogP contribution < -0.4 is 5.73 Å². The van der Waals surface area contributed by atoms with Crippen molar-refractivity contribution in [3.05, 3.63) is 71.0 Å². The van der Waals surface area contributed by atoms with Crippen molar-refractivity contribution in [2.45, 2.75) is 12.0 Å². The Labute approximate surface area is 114 Å². The summed E-state index contributed by atoms with van der Waals surface area (Å²) < 4.78 is 40.3. The molecule has 2 atom stereocenters. The molecular formula is C15H14F3NO. The van der Waals surface area contributed by atoms with E-state index in [1.165, 1.54) is 0 Å². The van der Waals surface area contributed by atoms with Crippen molar-refractivity contribution in [3.63, 3.8) is 0 Å². The highest BCUT2D eigenvalue weighted by Crippen LogP contribution is 2.33. The van der Waals surface area contributed by atoms with E-state index >= 15 is 0 Å². The van der Waals surface area contributed by atoms with Gasteiger partial charge in [0, 0.05) is 24.6 Å². The van der Waals surface area contributed by atoms with Crippen molar-refractivity contribution < 1.29 is 18.3 Å². The van der Waals surface area contributed by atoms with Crippen LogP contribution in [-0.2, 0) is 0 Å². The third kappa shape index (κ3) is 2.84. The van der Waals surface area contributed by atoms with E-state index in [9.17, 15) is 18.3 Å². The van der Waals surface area contributed by atoms with E-state index in [0.29, 0.717) is 17.7 Å². The van der Waals surface area contributed by atoms with Gasteiger partial charge in [-0.2, -0.15) is 0 Å². The van der Waals surface area contributed by atoms with Gasteiger partial charge in [-0.3, -0.25) is 0 Å². The number of hydrogen-bond acceptors (Lipinski definition) is 2. The van der Waals surface area contributed by atoms with Gasteiger partial charge in [-0.25, -0.2) is 13.2 Å². The fourth-order valence-electron chi connectivity index (χ4n) is 2.18. The monoisotopic (exact) mass is 281 g/mol. The van der Waals surface area contributed by atoms with E-state index in [0.717, 1.165) is 0 Å². The van der Waals surface area contributed by atoms with Crippen LogP contribution in [-0.4, -0.2) is 11.7 Å². The molecule has 2 nitrogen and oxygen atoms in total. The molecule has 0 bridgehead atoms. The highest BCUT2D eigenvalue weighted by molar-refractivity contribution is 5.29. The van der Waals surface area contributed by atoms with E-state index in [2.05, 4.69) is 0 Å². The van der Waals surface area contributed by atoms with Crippen molar-refractivity contribution in [2.24, 2.45) is 5.73 Å². The molecule has 0 aliphatic carbocycles. The largest absolute Gasteiger partial charge is 0.388 e. The van der Waals surface area contributed by atoms with Crippen LogP contribution in [0.5, 0.6) is 0 Å². The highest BCUT2D eigenvalue weighted by atomic mass is 19.1. The maximum Gasteiger partial charge on any atom is 0.134 e. The van der Waals surface area contributed by atoms with E-state index in [1.807, 2.05) is 0 Å². The number of halogens is 3. The Morgan fingerprint density at radius 3 is 2.05 bits per heavy atom. The lowest BCUT2D eigenvalue weighted by Gasteiger charge is -2.23. The molecular weight excluding hydrogens is 267 g/mol. The van der Waals surface area contributed by atoms with Crippen molar-refractivity contribution in [2.75, 3.05) is 6.54 Å². The second kappa shape index (κ2) is 6.07. The van der Waals surface area contributed by atoms with Gasteiger partial charge in [0.05, 0.1) is 11.7 Å². The molecule has 5 heteroatoms. The lowest BCUT2D eigenvalue weighted by Crippen LogP contribution is -2.22. The van der Waals surface area contributed by atoms with Gasteiger partial charge in [-0.1, -0.05) is 30.3 Å². The van der Waals surface area contributed by atoms with E-state index in [-0.39, 0.29) is 6.54 Å². The molecule has 20 heavy (non-hydrogen) atoms. The molecule has 0 radical (unpaired) electrons. The molecule has 0 heterocycles. The van der Waals surface area contributed by atoms with E-state index < -0.39 is 35.0 Å². The summed E-state index contributed by atoms with van der Waals surface area (Å²) in [5, 5.41) is 10.2. The van der Waals surface area contributed by atoms with Gasteiger partial charge in [0.25, 0.3) is 0 Å². The molecule has 2 aromatic rings. The van der Waals surface area contributed by atoms with Gasteiger partial charge in [0.1, 0.15) is 17.5 Å². The minimum absolute atomic E-state index is 0.00143. The Morgan fingerprint density at radius 2 is 1.55 bits per heavy atom. The molecule has 2 rings (SSSR count). The summed E-state index contributed by atoms with van der Waals surface area (Å²) in [6, 6.07) is 9.76. The van der Waals surface area contributed by atoms with Crippen molar-refractivity contribution in [3.8, 4) is 0 Å². The summed E-state index contributed by atoms with van der Waals surface area (Å²) in [5.41, 5.74) is 5.69. The van der Waals surface area contributed by atoms with Gasteiger partial charge in [-0.05, 0) is 5.56 Å². The molecule has 106 valence electrons. The molecule has 0 saturated carbocycles. The second-order valence-electron chi connectivity index (χ2n) is 4.48. The molecule has 2 unspecified atom stereocenters. The maximum atomic E-state index is 13.7. The summed E-state index contributed by atoms with van der Waals surface area (Å²) in [5.74, 6) is -3.95. The first kappa shape index (κ1) is 14.6. The molecule has 2 aromatic carbocycles. The first-order valence-corrected chi connectivity index (χ1v) is 6.12. The number of nitrogens with two attached hydrogens (primary N) is 1. The van der Waals surface area contributed by atoms with Crippen LogP contribution in [0.2, 0.25) is 0 Å². The summed E-state index contributed by atoms with van der Waals surface area (Å²) in [6.07, 6.45) is -1.48. The smallest absolute Gasteiger partial charge is 0.134 e. The number of hydrogen-bond donors (Lipinski definition) is 2. The molecule has 0 spiro atoms. The van der Waals surface area contributed by atoms with Crippen LogP contribution in [0.3, 0.4) is 0 Å². The molecule has 3 N–H and O–H groups in total. The molecule has 0 fully saturated rings. The lowest BCUT2D eigenvalue weighted by molar-refractivity contribution is 0.138. The Bertz CT molecular complexity index is 566. The fraction of sp³-hybridized carbons (Fsp3) is 0.200. The van der Waals surface area contributed by atoms with Gasteiger partial charge < -0.3 is 10.8 Å². The third-order valence-corrected chi connectivity index (χ3v) is 3.20. The fourth-order valence-corrected chi connectivity index (χ4v) is 2.18. The van der Waals surface area contributed by atoms with E-state index in [4.69, 9.17) is 5.73 Å². The Balaban J connectivity index is 2.42. The van der Waals surface area contributed by atoms with Crippen LogP contribution in [0.25, 0.3) is 0 Å². The average molecular weight is 281 g/mol. The SMILES string of the molecule is NCC(c1ccccc1)C(O)c1c(F)cc(F)cc1F. The topological polar surface area (TPSA) is 46.2 Å². The quantitative estimate of drug-likeness (QED) is 0.905. The minimum Gasteiger partial charge on any atom is -0.388 e. The van der Waals surface area contributed by atoms with E-state index in [1.54, 1.807) is 30.3 Å². The normalized spacial score (nSPS) is 14.1. The average Bonchev–Trinajstić information content (AvgIpc) is 2.39. The number of aliphatic hydroxyl groups excluding tert-OH is 1. The number of rotatable bonds is 4. The standard InChI is InChI=1S/C15H14F3NO/c16-10-6-12(17)14(13(18)7-10)15(20)11(8-19)9-4-2-1-3-5-9/h1-7,11,15,20H,8,19H2. The van der Waals surface area contributed by atoms with Gasteiger partial charge >= 0.3 is 0 Å². The zero-order valence-corrected chi connectivity index (χ0v) is 10.6. The van der Waals surface area contributed by atoms with Crippen molar-refractivity contribution in [1.82, 2.24) is 0 Å². The Hall–Kier alpha value is -1.85. The number of benzene rings is 2. The lowest BCUT2D eigenvalue weighted by atomic mass is 9.88. The van der Waals surface area contributed by atoms with Gasteiger partial charge in [0.15, 0.2) is 0 Å². The zero-order chi connectivity index (χ0) is 14.7. The molecule has 0 aromatic heterocycles. The summed E-state index contributed by atoms with van der Waals surface area (Å²) in [4.78, 5) is 0. The van der Waals surface area contributed by atoms with Gasteiger partial charge in [-0.15, -0.1) is 0 Å². The van der Waals surface area contributed by atoms with Crippen LogP contribution in [0.15, 0.2) is 42.5 Å². The predicted molar refractivity (Wildman–Crippen MR) is 69.5 cm³/mol. The summed E-state index contributed by atoms with van der Waals surface area (Å²) in [6.45, 7) is 0.00143. The molecule has 0 amide bonds. The maximum absolute atomic E-state index is 13.7. The molecule has 0 aliphatic rings. The molecule has 0 aliphatic heterocycles. The van der Waals surface area contributed by atoms with Crippen LogP contribution >= 0.6 is 0 Å². The first-order valence-electron chi connectivity index (χ1n) is 6.12. The van der Waals surface area contributed by atoms with Gasteiger partial charge in [0.2, 0.25) is 0 Å². The summed E-state index contributed by atoms with van der Waals surface area (Å²) in [7, 11) is 0. The van der Waals surface area contributed by atoms with Crippen molar-refractivity contribution in [1.29, 1.82) is 0 Å². The van der Waals surface area contributed by atoms with Crippen LogP contribution in [0, 0.1) is 17.5 Å². The second-order valence-corrected chi connectivity index (χ2v) is 4.48. The Kier molecular flexibility index (Phi) is 4.42. The Morgan fingerprint density at radius 1 is 1.00 bits per heavy atom. The first-order chi connectivity index (χ1) is 9.54. The van der Waals surface area contributed by atoms with Crippen LogP contribution in [0.4, 0.5) is 13.2 Å². The predicted octanol–water partition coefficient (Wildman–Crippen LogP) is 2.88. The number of aliphatic hydroxyl groups is 1. The third-order valence-electron chi connectivity index (χ3n) is 3.20. The molecule has 0 saturated heterocycles. The zero-order valence-electron chi connectivity index (χ0n) is 10.6. The highest BCUT2D eigenvalue weighted by Gasteiger charge is 2.27. The summed E-state index contributed by atoms with van der Waals surface area (Å²) >= 11 is 0. The van der Waals surface area contributed by atoms with Crippen LogP contribution in [0.1, 0.15) is 23.1 Å². The minimum atomic E-state index is -1.48. The van der Waals surface area contributed by atoms with Crippen molar-refractivity contribution >= 4 is 0 Å².